The Bertz CT molecular complexity index is 1730. The molecule has 0 bridgehead atoms. The number of carboxylic acids is 1. The molecule has 2 aliphatic rings. The van der Waals surface area contributed by atoms with E-state index in [-0.39, 0.29) is 44.4 Å². The van der Waals surface area contributed by atoms with Gasteiger partial charge in [0.2, 0.25) is 23.6 Å². The molecule has 4 atom stereocenters. The van der Waals surface area contributed by atoms with Crippen molar-refractivity contribution in [2.24, 2.45) is 32.6 Å². The zero-order valence-electron chi connectivity index (χ0n) is 31.8. The first-order chi connectivity index (χ1) is 26.8. The van der Waals surface area contributed by atoms with Crippen LogP contribution < -0.4 is 27.4 Å². The van der Waals surface area contributed by atoms with Gasteiger partial charge in [-0.3, -0.25) is 29.1 Å². The molecular formula is C38H52N10O8. The molecule has 302 valence electrons. The fourth-order valence-electron chi connectivity index (χ4n) is 6.48. The average Bonchev–Trinajstić information content (AvgIpc) is 3.88. The summed E-state index contributed by atoms with van der Waals surface area (Å²) >= 11 is 0. The van der Waals surface area contributed by atoms with Gasteiger partial charge in [0.05, 0.1) is 17.9 Å². The summed E-state index contributed by atoms with van der Waals surface area (Å²) in [7, 11) is 0. The number of rotatable bonds is 18. The molecule has 18 heteroatoms. The largest absolute Gasteiger partial charge is 0.480 e. The first-order valence-electron chi connectivity index (χ1n) is 18.8. The summed E-state index contributed by atoms with van der Waals surface area (Å²) in [5, 5.41) is 25.9. The molecule has 4 rings (SSSR count). The maximum Gasteiger partial charge on any atom is 0.410 e. The second-order valence-electron chi connectivity index (χ2n) is 14.1. The molecule has 0 aromatic heterocycles. The molecule has 8 N–H and O–H groups in total. The Morgan fingerprint density at radius 3 is 2.04 bits per heavy atom. The highest BCUT2D eigenvalue weighted by atomic mass is 16.6. The van der Waals surface area contributed by atoms with Gasteiger partial charge < -0.3 is 42.2 Å². The number of nitrogens with zero attached hydrogens (tertiary/aromatic N) is 5. The van der Waals surface area contributed by atoms with Crippen molar-refractivity contribution in [3.05, 3.63) is 60.2 Å². The van der Waals surface area contributed by atoms with Gasteiger partial charge in [0.15, 0.2) is 5.96 Å². The third kappa shape index (κ3) is 13.1. The molecule has 0 saturated carbocycles. The highest BCUT2D eigenvalue weighted by Gasteiger charge is 2.38. The van der Waals surface area contributed by atoms with Crippen LogP contribution in [0.25, 0.3) is 0 Å². The number of likely N-dealkylation sites (tertiary alicyclic amines) is 2. The second kappa shape index (κ2) is 21.1. The molecule has 56 heavy (non-hydrogen) atoms. The van der Waals surface area contributed by atoms with Crippen LogP contribution in [0.1, 0.15) is 64.4 Å². The van der Waals surface area contributed by atoms with Crippen LogP contribution in [-0.4, -0.2) is 107 Å². The van der Waals surface area contributed by atoms with Crippen LogP contribution in [-0.2, 0) is 35.3 Å². The third-order valence-corrected chi connectivity index (χ3v) is 9.32. The normalized spacial score (nSPS) is 17.6. The number of hydrogen-bond acceptors (Lipinski definition) is 10. The maximum atomic E-state index is 13.5. The zero-order chi connectivity index (χ0) is 40.6. The van der Waals surface area contributed by atoms with Gasteiger partial charge in [0, 0.05) is 19.6 Å². The van der Waals surface area contributed by atoms with Crippen molar-refractivity contribution >= 4 is 53.0 Å². The van der Waals surface area contributed by atoms with E-state index in [2.05, 4.69) is 31.2 Å². The van der Waals surface area contributed by atoms with Gasteiger partial charge in [-0.25, -0.2) is 9.59 Å². The predicted molar refractivity (Wildman–Crippen MR) is 206 cm³/mol. The summed E-state index contributed by atoms with van der Waals surface area (Å²) in [5.74, 6) is -3.60. The number of benzene rings is 2. The highest BCUT2D eigenvalue weighted by Crippen LogP contribution is 2.22. The Balaban J connectivity index is 1.27. The molecule has 2 fully saturated rings. The number of nitrogens with two attached hydrogens (primary N) is 2. The molecule has 18 nitrogen and oxygen atoms in total. The molecule has 2 aromatic carbocycles. The second-order valence-corrected chi connectivity index (χ2v) is 14.1. The van der Waals surface area contributed by atoms with Crippen molar-refractivity contribution in [1.82, 2.24) is 25.8 Å². The fraction of sp³-hybridized carbons (Fsp3) is 0.500. The minimum Gasteiger partial charge on any atom is -0.480 e. The van der Waals surface area contributed by atoms with E-state index >= 15 is 0 Å². The van der Waals surface area contributed by atoms with Crippen molar-refractivity contribution in [2.45, 2.75) is 89.6 Å². The van der Waals surface area contributed by atoms with Crippen LogP contribution in [0.4, 0.5) is 16.2 Å². The topological polar surface area (TPSA) is 264 Å². The van der Waals surface area contributed by atoms with Crippen LogP contribution in [0.15, 0.2) is 69.8 Å². The highest BCUT2D eigenvalue weighted by molar-refractivity contribution is 5.95. The zero-order valence-corrected chi connectivity index (χ0v) is 31.8. The third-order valence-electron chi connectivity index (χ3n) is 9.32. The van der Waals surface area contributed by atoms with E-state index in [1.807, 2.05) is 44.2 Å². The fourth-order valence-corrected chi connectivity index (χ4v) is 6.48. The Morgan fingerprint density at radius 1 is 0.839 bits per heavy atom. The van der Waals surface area contributed by atoms with Crippen LogP contribution in [0.5, 0.6) is 0 Å². The number of azo groups is 1. The Hall–Kier alpha value is -6.07. The summed E-state index contributed by atoms with van der Waals surface area (Å²) < 4.78 is 5.54. The van der Waals surface area contributed by atoms with E-state index in [1.165, 1.54) is 9.80 Å². The first-order valence-corrected chi connectivity index (χ1v) is 18.8. The lowest BCUT2D eigenvalue weighted by atomic mass is 10.0. The van der Waals surface area contributed by atoms with Gasteiger partial charge in [0.1, 0.15) is 30.8 Å². The van der Waals surface area contributed by atoms with Crippen LogP contribution in [0.3, 0.4) is 0 Å². The summed E-state index contributed by atoms with van der Waals surface area (Å²) in [6.45, 7) is 4.06. The number of carbonyl (C=O) groups is 6. The number of ether oxygens (including phenoxy) is 1. The number of amides is 5. The maximum absolute atomic E-state index is 13.5. The van der Waals surface area contributed by atoms with Crippen LogP contribution in [0, 0.1) is 5.92 Å². The average molecular weight is 777 g/mol. The predicted octanol–water partition coefficient (Wildman–Crippen LogP) is 2.46. The van der Waals surface area contributed by atoms with Crippen molar-refractivity contribution in [3.63, 3.8) is 0 Å². The quantitative estimate of drug-likeness (QED) is 0.0557. The van der Waals surface area contributed by atoms with Gasteiger partial charge in [-0.15, -0.1) is 0 Å². The Kier molecular flexibility index (Phi) is 16.1. The standard InChI is InChI=1S/C38H52N10O8/c1-24(2)21-29(33(50)42-22-32(49)47-19-7-12-30(47)34(51)43-28(36(53)54)11-6-18-41-37(39)40)44-35(52)31-13-8-20-48(31)38(55)56-23-25-14-16-27(17-15-25)46-45-26-9-4-3-5-10-26/h3-5,9-10,14-17,24,28-31H,6-8,11-13,18-23H2,1-2H3,(H,42,50)(H,43,51)(H,44,52)(H,53,54)(H4,39,40,41)/t28?,29-,30+,31-/m0/s1. The lowest BCUT2D eigenvalue weighted by Gasteiger charge is -2.27. The number of carbonyl (C=O) groups excluding carboxylic acids is 5. The number of guanidine groups is 1. The minimum absolute atomic E-state index is 0.00842. The first kappa shape index (κ1) is 42.7. The van der Waals surface area contributed by atoms with Gasteiger partial charge in [0.25, 0.3) is 0 Å². The van der Waals surface area contributed by atoms with E-state index in [4.69, 9.17) is 16.2 Å². The molecule has 2 aliphatic heterocycles. The van der Waals surface area contributed by atoms with Gasteiger partial charge in [-0.05, 0) is 80.7 Å². The summed E-state index contributed by atoms with van der Waals surface area (Å²) in [4.78, 5) is 84.6. The van der Waals surface area contributed by atoms with E-state index in [0.29, 0.717) is 44.3 Å². The van der Waals surface area contributed by atoms with Crippen LogP contribution >= 0.6 is 0 Å². The number of carboxylic acid groups (broad SMARTS) is 1. The molecule has 0 aliphatic carbocycles. The lowest BCUT2D eigenvalue weighted by Crippen LogP contribution is -2.55. The molecule has 2 aromatic rings. The minimum atomic E-state index is -1.23. The molecule has 2 saturated heterocycles. The molecular weight excluding hydrogens is 724 g/mol. The molecule has 2 heterocycles. The summed E-state index contributed by atoms with van der Waals surface area (Å²) in [6.07, 6.45) is 1.79. The monoisotopic (exact) mass is 776 g/mol. The van der Waals surface area contributed by atoms with Crippen molar-refractivity contribution < 1.29 is 38.6 Å². The smallest absolute Gasteiger partial charge is 0.410 e. The summed E-state index contributed by atoms with van der Waals surface area (Å²) in [6, 6.07) is 12.4. The number of hydrogen-bond donors (Lipinski definition) is 6. The Labute approximate surface area is 325 Å². The van der Waals surface area contributed by atoms with Crippen LogP contribution in [0.2, 0.25) is 0 Å². The molecule has 0 spiro atoms. The van der Waals surface area contributed by atoms with E-state index in [0.717, 1.165) is 11.3 Å². The molecule has 1 unspecified atom stereocenters. The Morgan fingerprint density at radius 2 is 1.43 bits per heavy atom. The number of aliphatic imine (C=N–C) groups is 1. The summed E-state index contributed by atoms with van der Waals surface area (Å²) in [5.41, 5.74) is 12.7. The van der Waals surface area contributed by atoms with Gasteiger partial charge >= 0.3 is 12.1 Å². The number of aliphatic carboxylic acids is 1. The van der Waals surface area contributed by atoms with Crippen molar-refractivity contribution in [3.8, 4) is 0 Å². The van der Waals surface area contributed by atoms with Gasteiger partial charge in [-0.2, -0.15) is 10.2 Å². The van der Waals surface area contributed by atoms with E-state index in [9.17, 15) is 33.9 Å². The molecule has 0 radical (unpaired) electrons. The lowest BCUT2D eigenvalue weighted by molar-refractivity contribution is -0.144. The van der Waals surface area contributed by atoms with Crippen molar-refractivity contribution in [1.29, 1.82) is 0 Å². The van der Waals surface area contributed by atoms with E-state index < -0.39 is 66.4 Å². The molecule has 5 amide bonds. The SMILES string of the molecule is CC(C)C[C@H](NC(=O)[C@@H]1CCCN1C(=O)OCc1ccc(N=Nc2ccccc2)cc1)C(=O)NCC(=O)N1CCC[C@@H]1C(=O)NC(CCCN=C(N)N)C(=O)O. The van der Waals surface area contributed by atoms with E-state index in [1.54, 1.807) is 24.3 Å². The number of nitrogens with one attached hydrogen (secondary N) is 3. The van der Waals surface area contributed by atoms with Gasteiger partial charge in [-0.1, -0.05) is 44.2 Å². The van der Waals surface area contributed by atoms with Crippen molar-refractivity contribution in [2.75, 3.05) is 26.2 Å².